The molecule has 1 heterocycles. The fourth-order valence-electron chi connectivity index (χ4n) is 2.51. The van der Waals surface area contributed by atoms with Gasteiger partial charge in [-0.1, -0.05) is 54.6 Å². The number of hydrogen-bond donors (Lipinski definition) is 1. The monoisotopic (exact) mass is 401 g/mol. The van der Waals surface area contributed by atoms with Crippen molar-refractivity contribution >= 4 is 17.9 Å². The smallest absolute Gasteiger partial charge is 0.239 e. The van der Waals surface area contributed by atoms with Crippen LogP contribution in [0.1, 0.15) is 5.56 Å². The van der Waals surface area contributed by atoms with E-state index in [4.69, 9.17) is 9.47 Å². The number of para-hydroxylation sites is 2. The highest BCUT2D eigenvalue weighted by Crippen LogP contribution is 2.33. The molecular weight excluding hydrogens is 382 g/mol. The Morgan fingerprint density at radius 2 is 1.10 bits per heavy atom. The summed E-state index contributed by atoms with van der Waals surface area (Å²) in [4.78, 5) is 10.1. The average Bonchev–Trinajstić information content (AvgIpc) is 2.77. The average molecular weight is 401 g/mol. The summed E-state index contributed by atoms with van der Waals surface area (Å²) in [5, 5.41) is 0. The van der Waals surface area contributed by atoms with Gasteiger partial charge in [0.1, 0.15) is 11.5 Å². The molecule has 4 rings (SSSR count). The van der Waals surface area contributed by atoms with Crippen molar-refractivity contribution in [2.45, 2.75) is 11.8 Å². The second-order valence-electron chi connectivity index (χ2n) is 6.13. The van der Waals surface area contributed by atoms with Gasteiger partial charge in [0, 0.05) is 4.90 Å². The van der Waals surface area contributed by atoms with Crippen molar-refractivity contribution < 1.29 is 9.47 Å². The maximum atomic E-state index is 6.00. The van der Waals surface area contributed by atoms with E-state index in [0.29, 0.717) is 34.8 Å². The van der Waals surface area contributed by atoms with Gasteiger partial charge in [-0.25, -0.2) is 0 Å². The van der Waals surface area contributed by atoms with Gasteiger partial charge in [0.2, 0.25) is 17.7 Å². The zero-order valence-corrected chi connectivity index (χ0v) is 16.6. The minimum absolute atomic E-state index is 0.404. The van der Waals surface area contributed by atoms with Crippen LogP contribution in [-0.2, 0) is 0 Å². The van der Waals surface area contributed by atoms with E-state index in [-0.39, 0.29) is 0 Å². The van der Waals surface area contributed by atoms with Crippen molar-refractivity contribution in [1.82, 2.24) is 9.97 Å². The maximum absolute atomic E-state index is 6.00. The molecule has 5 nitrogen and oxygen atoms in total. The van der Waals surface area contributed by atoms with E-state index < -0.39 is 0 Å². The third-order valence-electron chi connectivity index (χ3n) is 3.98. The summed E-state index contributed by atoms with van der Waals surface area (Å²) in [7, 11) is 0. The zero-order valence-electron chi connectivity index (χ0n) is 15.8. The summed E-state index contributed by atoms with van der Waals surface area (Å²) in [6.07, 6.45) is 0. The molecule has 0 aliphatic carbocycles. The first-order valence-electron chi connectivity index (χ1n) is 9.10. The number of hydrogen-bond acceptors (Lipinski definition) is 6. The Labute approximate surface area is 173 Å². The van der Waals surface area contributed by atoms with Gasteiger partial charge in [0.25, 0.3) is 0 Å². The van der Waals surface area contributed by atoms with Gasteiger partial charge in [-0.3, -0.25) is 4.72 Å². The van der Waals surface area contributed by atoms with Crippen molar-refractivity contribution in [1.29, 1.82) is 0 Å². The normalized spacial score (nSPS) is 10.4. The largest absolute Gasteiger partial charge is 0.438 e. The molecule has 0 radical (unpaired) electrons. The van der Waals surface area contributed by atoms with Crippen molar-refractivity contribution in [3.63, 3.8) is 0 Å². The molecule has 0 amide bonds. The SMILES string of the molecule is Cc1c(Oc2ccccc2)nc(NSc2ccccc2)nc1Oc1ccccc1. The standard InChI is InChI=1S/C23H19N3O2S/c1-17-21(27-18-11-5-2-6-12-18)24-23(26-29-20-15-9-4-10-16-20)25-22(17)28-19-13-7-3-8-14-19/h2-16H,1H3,(H,24,25,26). The molecule has 4 aromatic rings. The molecule has 0 aliphatic heterocycles. The van der Waals surface area contributed by atoms with E-state index >= 15 is 0 Å². The molecule has 144 valence electrons. The predicted octanol–water partition coefficient (Wildman–Crippen LogP) is 6.49. The molecule has 0 unspecified atom stereocenters. The zero-order chi connectivity index (χ0) is 19.9. The number of ether oxygens (including phenoxy) is 2. The molecule has 1 N–H and O–H groups in total. The summed E-state index contributed by atoms with van der Waals surface area (Å²) in [5.41, 5.74) is 0.716. The Balaban J connectivity index is 1.64. The highest BCUT2D eigenvalue weighted by molar-refractivity contribution is 8.00. The summed E-state index contributed by atoms with van der Waals surface area (Å²) < 4.78 is 15.2. The maximum Gasteiger partial charge on any atom is 0.239 e. The van der Waals surface area contributed by atoms with Crippen LogP contribution in [0.2, 0.25) is 0 Å². The number of nitrogens with zero attached hydrogens (tertiary/aromatic N) is 2. The molecule has 3 aromatic carbocycles. The molecule has 1 aromatic heterocycles. The van der Waals surface area contributed by atoms with E-state index in [9.17, 15) is 0 Å². The number of anilines is 1. The molecule has 29 heavy (non-hydrogen) atoms. The van der Waals surface area contributed by atoms with Crippen LogP contribution in [0.3, 0.4) is 0 Å². The quantitative estimate of drug-likeness (QED) is 0.357. The lowest BCUT2D eigenvalue weighted by molar-refractivity contribution is 0.428. The van der Waals surface area contributed by atoms with Gasteiger partial charge in [-0.2, -0.15) is 9.97 Å². The molecule has 0 fully saturated rings. The van der Waals surface area contributed by atoms with Gasteiger partial charge in [0.15, 0.2) is 0 Å². The lowest BCUT2D eigenvalue weighted by Crippen LogP contribution is -2.02. The third-order valence-corrected chi connectivity index (χ3v) is 4.77. The van der Waals surface area contributed by atoms with Crippen molar-refractivity contribution in [3.05, 3.63) is 96.6 Å². The highest BCUT2D eigenvalue weighted by Gasteiger charge is 2.15. The van der Waals surface area contributed by atoms with Crippen LogP contribution in [0.25, 0.3) is 0 Å². The van der Waals surface area contributed by atoms with Crippen LogP contribution in [0.4, 0.5) is 5.95 Å². The fraction of sp³-hybridized carbons (Fsp3) is 0.0435. The lowest BCUT2D eigenvalue weighted by Gasteiger charge is -2.14. The number of benzene rings is 3. The van der Waals surface area contributed by atoms with E-state index in [0.717, 1.165) is 4.90 Å². The Kier molecular flexibility index (Phi) is 5.92. The van der Waals surface area contributed by atoms with Gasteiger partial charge in [-0.05, 0) is 55.3 Å². The highest BCUT2D eigenvalue weighted by atomic mass is 32.2. The van der Waals surface area contributed by atoms with Crippen molar-refractivity contribution in [2.75, 3.05) is 4.72 Å². The Morgan fingerprint density at radius 1 is 0.655 bits per heavy atom. The van der Waals surface area contributed by atoms with Gasteiger partial charge in [0.05, 0.1) is 5.56 Å². The lowest BCUT2D eigenvalue weighted by atomic mass is 10.3. The molecule has 6 heteroatoms. The van der Waals surface area contributed by atoms with Gasteiger partial charge < -0.3 is 9.47 Å². The van der Waals surface area contributed by atoms with Crippen LogP contribution in [0.15, 0.2) is 95.9 Å². The summed E-state index contributed by atoms with van der Waals surface area (Å²) in [6.45, 7) is 1.88. The molecular formula is C23H19N3O2S. The fourth-order valence-corrected chi connectivity index (χ4v) is 3.11. The minimum atomic E-state index is 0.404. The van der Waals surface area contributed by atoms with Crippen LogP contribution in [-0.4, -0.2) is 9.97 Å². The van der Waals surface area contributed by atoms with E-state index in [1.165, 1.54) is 11.9 Å². The molecule has 0 spiro atoms. The van der Waals surface area contributed by atoms with E-state index in [1.54, 1.807) is 0 Å². The first kappa shape index (κ1) is 18.8. The topological polar surface area (TPSA) is 56.3 Å². The van der Waals surface area contributed by atoms with Crippen LogP contribution in [0.5, 0.6) is 23.3 Å². The number of aromatic nitrogens is 2. The van der Waals surface area contributed by atoms with Crippen molar-refractivity contribution in [2.24, 2.45) is 0 Å². The summed E-state index contributed by atoms with van der Waals surface area (Å²) >= 11 is 1.42. The van der Waals surface area contributed by atoms with Gasteiger partial charge in [-0.15, -0.1) is 0 Å². The second-order valence-corrected chi connectivity index (χ2v) is 7.01. The Hall–Kier alpha value is -3.51. The third kappa shape index (κ3) is 5.06. The Morgan fingerprint density at radius 3 is 1.59 bits per heavy atom. The van der Waals surface area contributed by atoms with E-state index in [1.807, 2.05) is 97.9 Å². The first-order valence-corrected chi connectivity index (χ1v) is 9.92. The molecule has 0 aliphatic rings. The van der Waals surface area contributed by atoms with Crippen LogP contribution >= 0.6 is 11.9 Å². The summed E-state index contributed by atoms with van der Waals surface area (Å²) in [5.74, 6) is 2.67. The molecule has 0 saturated carbocycles. The molecule has 0 bridgehead atoms. The van der Waals surface area contributed by atoms with Crippen LogP contribution < -0.4 is 14.2 Å². The van der Waals surface area contributed by atoms with Gasteiger partial charge >= 0.3 is 0 Å². The summed E-state index contributed by atoms with van der Waals surface area (Å²) in [6, 6.07) is 29.0. The number of nitrogens with one attached hydrogen (secondary N) is 1. The second kappa shape index (κ2) is 9.12. The van der Waals surface area contributed by atoms with Crippen LogP contribution in [0, 0.1) is 6.92 Å². The molecule has 0 atom stereocenters. The van der Waals surface area contributed by atoms with E-state index in [2.05, 4.69) is 14.7 Å². The minimum Gasteiger partial charge on any atom is -0.438 e. The van der Waals surface area contributed by atoms with Crippen molar-refractivity contribution in [3.8, 4) is 23.3 Å². The predicted molar refractivity (Wildman–Crippen MR) is 116 cm³/mol. The number of rotatable bonds is 7. The molecule has 0 saturated heterocycles. The Bertz CT molecular complexity index is 999. The first-order chi connectivity index (χ1) is 14.3.